The highest BCUT2D eigenvalue weighted by Gasteiger charge is 2.68. The van der Waals surface area contributed by atoms with Gasteiger partial charge in [-0.25, -0.2) is 18.8 Å². The molecule has 2 aliphatic heterocycles. The number of carbonyl (C=O) groups excluding carboxylic acids is 1. The molecule has 0 radical (unpaired) electrons. The van der Waals surface area contributed by atoms with E-state index in [0.717, 1.165) is 5.56 Å². The van der Waals surface area contributed by atoms with Crippen molar-refractivity contribution in [1.29, 1.82) is 5.26 Å². The number of benzene rings is 1. The maximum absolute atomic E-state index is 15.3. The lowest BCUT2D eigenvalue weighted by atomic mass is 9.83. The van der Waals surface area contributed by atoms with Gasteiger partial charge in [0, 0.05) is 47.5 Å². The number of amidine groups is 1. The molecule has 1 amide bonds. The summed E-state index contributed by atoms with van der Waals surface area (Å²) in [5.74, 6) is 5.11. The molecule has 38 heavy (non-hydrogen) atoms. The monoisotopic (exact) mass is 535 g/mol. The zero-order valence-electron chi connectivity index (χ0n) is 21.0. The number of amides is 1. The number of aliphatic imine (C=N–C) groups is 1. The molecule has 3 aliphatic rings. The number of ether oxygens (including phenoxy) is 1. The quantitative estimate of drug-likeness (QED) is 0.589. The van der Waals surface area contributed by atoms with E-state index in [9.17, 15) is 9.18 Å². The Balaban J connectivity index is 1.41. The predicted molar refractivity (Wildman–Crippen MR) is 140 cm³/mol. The molecule has 7 nitrogen and oxygen atoms in total. The van der Waals surface area contributed by atoms with E-state index in [1.165, 1.54) is 36.2 Å². The number of fused-ring (bicyclic) bond motifs is 1. The van der Waals surface area contributed by atoms with Crippen molar-refractivity contribution in [2.75, 3.05) is 33.0 Å². The molecule has 5 rings (SSSR count). The van der Waals surface area contributed by atoms with E-state index in [4.69, 9.17) is 15.7 Å². The molecule has 1 aromatic heterocycles. The molecule has 1 aliphatic carbocycles. The van der Waals surface area contributed by atoms with E-state index < -0.39 is 22.8 Å². The number of nitrogens with two attached hydrogens (primary N) is 1. The van der Waals surface area contributed by atoms with Gasteiger partial charge in [-0.05, 0) is 55.5 Å². The van der Waals surface area contributed by atoms with E-state index in [1.807, 2.05) is 6.07 Å². The predicted octanol–water partition coefficient (Wildman–Crippen LogP) is 3.42. The fraction of sp³-hybridized carbons (Fsp3) is 0.429. The Hall–Kier alpha value is -3.47. The maximum Gasteiger partial charge on any atom is 0.222 e. The Bertz CT molecular complexity index is 1410. The van der Waals surface area contributed by atoms with Crippen LogP contribution in [0, 0.1) is 41.8 Å². The third-order valence-electron chi connectivity index (χ3n) is 7.51. The van der Waals surface area contributed by atoms with Crippen LogP contribution in [0.5, 0.6) is 0 Å². The van der Waals surface area contributed by atoms with E-state index in [2.05, 4.69) is 21.8 Å². The second-order valence-corrected chi connectivity index (χ2v) is 11.3. The summed E-state index contributed by atoms with van der Waals surface area (Å²) in [5, 5.41) is 9.23. The van der Waals surface area contributed by atoms with Crippen LogP contribution in [0.15, 0.2) is 35.5 Å². The highest BCUT2D eigenvalue weighted by Crippen LogP contribution is 2.68. The average Bonchev–Trinajstić information content (AvgIpc) is 3.66. The normalized spacial score (nSPS) is 25.9. The highest BCUT2D eigenvalue weighted by atomic mass is 32.2. The molecule has 3 heterocycles. The summed E-state index contributed by atoms with van der Waals surface area (Å²) in [6.07, 6.45) is 2.86. The zero-order chi connectivity index (χ0) is 26.9. The number of nitrogens with zero attached hydrogens (tertiary/aromatic N) is 4. The number of rotatable bonds is 5. The fourth-order valence-corrected chi connectivity index (χ4v) is 6.82. The van der Waals surface area contributed by atoms with Gasteiger partial charge in [0.1, 0.15) is 29.8 Å². The van der Waals surface area contributed by atoms with Gasteiger partial charge in [-0.15, -0.1) is 0 Å². The van der Waals surface area contributed by atoms with Gasteiger partial charge >= 0.3 is 0 Å². The number of hydrogen-bond acceptors (Lipinski definition) is 7. The van der Waals surface area contributed by atoms with Crippen molar-refractivity contribution in [2.24, 2.45) is 16.6 Å². The Kier molecular flexibility index (Phi) is 7.13. The summed E-state index contributed by atoms with van der Waals surface area (Å²) in [5.41, 5.74) is 7.00. The van der Waals surface area contributed by atoms with Crippen LogP contribution in [0.25, 0.3) is 0 Å². The molecule has 3 atom stereocenters. The number of halogens is 2. The lowest BCUT2D eigenvalue weighted by molar-refractivity contribution is -0.135. The Morgan fingerprint density at radius 3 is 2.79 bits per heavy atom. The van der Waals surface area contributed by atoms with Gasteiger partial charge in [-0.3, -0.25) is 4.79 Å². The van der Waals surface area contributed by atoms with Crippen molar-refractivity contribution >= 4 is 22.8 Å². The summed E-state index contributed by atoms with van der Waals surface area (Å²) in [6, 6.07) is 8.07. The van der Waals surface area contributed by atoms with Crippen LogP contribution in [0.4, 0.5) is 8.78 Å². The molecule has 0 bridgehead atoms. The van der Waals surface area contributed by atoms with Crippen LogP contribution in [0.3, 0.4) is 0 Å². The number of pyridine rings is 1. The summed E-state index contributed by atoms with van der Waals surface area (Å²) >= 11 is 1.37. The third-order valence-corrected chi connectivity index (χ3v) is 8.88. The highest BCUT2D eigenvalue weighted by molar-refractivity contribution is 8.15. The molecular weight excluding hydrogens is 508 g/mol. The van der Waals surface area contributed by atoms with Crippen molar-refractivity contribution in [2.45, 2.75) is 36.5 Å². The van der Waals surface area contributed by atoms with Crippen molar-refractivity contribution in [3.05, 3.63) is 64.2 Å². The Labute approximate surface area is 224 Å². The van der Waals surface area contributed by atoms with Crippen LogP contribution < -0.4 is 5.73 Å². The first kappa shape index (κ1) is 26.1. The van der Waals surface area contributed by atoms with Crippen LogP contribution >= 0.6 is 11.8 Å². The number of alkyl halides is 1. The first-order chi connectivity index (χ1) is 18.3. The molecule has 1 saturated carbocycles. The molecule has 2 fully saturated rings. The summed E-state index contributed by atoms with van der Waals surface area (Å²) < 4.78 is 35.0. The van der Waals surface area contributed by atoms with Gasteiger partial charge in [0.15, 0.2) is 5.17 Å². The number of aromatic nitrogens is 1. The number of thioether (sulfide) groups is 1. The van der Waals surface area contributed by atoms with Gasteiger partial charge in [0.05, 0.1) is 18.8 Å². The molecular formula is C28H27F2N5O2S. The minimum Gasteiger partial charge on any atom is -0.378 e. The summed E-state index contributed by atoms with van der Waals surface area (Å²) in [6.45, 7) is 3.08. The minimum absolute atomic E-state index is 0.0380. The van der Waals surface area contributed by atoms with Gasteiger partial charge in [0.25, 0.3) is 0 Å². The number of carbonyl (C=O) groups is 1. The molecule has 0 unspecified atom stereocenters. The van der Waals surface area contributed by atoms with Crippen molar-refractivity contribution < 1.29 is 18.3 Å². The smallest absolute Gasteiger partial charge is 0.222 e. The number of nitriles is 1. The SMILES string of the molecule is Cc1cc(C#N)cnc1C#Cc1ccc(F)c([C@@]2(CF)N=C(N)S[C@@]3(CCC(=O)N4CCOCC4)C[C@H]32)c1. The zero-order valence-corrected chi connectivity index (χ0v) is 21.8. The van der Waals surface area contributed by atoms with Gasteiger partial charge in [0.2, 0.25) is 5.91 Å². The largest absolute Gasteiger partial charge is 0.378 e. The van der Waals surface area contributed by atoms with E-state index in [0.29, 0.717) is 62.4 Å². The van der Waals surface area contributed by atoms with Crippen LogP contribution in [0.2, 0.25) is 0 Å². The molecule has 196 valence electrons. The Morgan fingerprint density at radius 2 is 2.08 bits per heavy atom. The van der Waals surface area contributed by atoms with Crippen LogP contribution in [-0.4, -0.2) is 58.7 Å². The molecule has 2 aromatic rings. The molecule has 1 aromatic carbocycles. The first-order valence-corrected chi connectivity index (χ1v) is 13.3. The summed E-state index contributed by atoms with van der Waals surface area (Å²) in [7, 11) is 0. The van der Waals surface area contributed by atoms with E-state index >= 15 is 4.39 Å². The molecule has 1 saturated heterocycles. The van der Waals surface area contributed by atoms with E-state index in [1.54, 1.807) is 17.9 Å². The second kappa shape index (κ2) is 10.4. The molecule has 10 heteroatoms. The molecule has 2 N–H and O–H groups in total. The van der Waals surface area contributed by atoms with Crippen molar-refractivity contribution in [1.82, 2.24) is 9.88 Å². The standard InChI is InChI=1S/C28H27F2N5O2S/c1-18-12-20(15-31)16-33-23(18)5-3-19-2-4-22(30)21(13-19)28(17-29)24-14-27(24,38-26(32)34-28)7-6-25(36)35-8-10-37-11-9-35/h2,4,12-13,16,24H,6-11,14,17H2,1H3,(H2,32,34)/t24-,27+,28-/m1/s1. The first-order valence-electron chi connectivity index (χ1n) is 12.4. The number of hydrogen-bond donors (Lipinski definition) is 1. The van der Waals surface area contributed by atoms with Crippen LogP contribution in [0.1, 0.15) is 47.2 Å². The van der Waals surface area contributed by atoms with Crippen molar-refractivity contribution in [3.8, 4) is 17.9 Å². The van der Waals surface area contributed by atoms with Gasteiger partial charge < -0.3 is 15.4 Å². The maximum atomic E-state index is 15.3. The summed E-state index contributed by atoms with van der Waals surface area (Å²) in [4.78, 5) is 23.3. The Morgan fingerprint density at radius 1 is 1.29 bits per heavy atom. The number of aryl methyl sites for hydroxylation is 1. The van der Waals surface area contributed by atoms with E-state index in [-0.39, 0.29) is 22.6 Å². The lowest BCUT2D eigenvalue weighted by Gasteiger charge is -2.35. The van der Waals surface area contributed by atoms with Crippen molar-refractivity contribution in [3.63, 3.8) is 0 Å². The average molecular weight is 536 g/mol. The third kappa shape index (κ3) is 4.87. The second-order valence-electron chi connectivity index (χ2n) is 9.87. The van der Waals surface area contributed by atoms with Crippen LogP contribution in [-0.2, 0) is 15.1 Å². The lowest BCUT2D eigenvalue weighted by Crippen LogP contribution is -2.42. The fourth-order valence-electron chi connectivity index (χ4n) is 5.40. The minimum atomic E-state index is -1.47. The van der Waals surface area contributed by atoms with Gasteiger partial charge in [-0.2, -0.15) is 5.26 Å². The topological polar surface area (TPSA) is 105 Å². The molecule has 0 spiro atoms. The number of morpholine rings is 1. The van der Waals surface area contributed by atoms with Gasteiger partial charge in [-0.1, -0.05) is 17.7 Å².